The predicted molar refractivity (Wildman–Crippen MR) is 99.2 cm³/mol. The monoisotopic (exact) mass is 380 g/mol. The normalized spacial score (nSPS) is 16.4. The van der Waals surface area contributed by atoms with E-state index in [2.05, 4.69) is 15.5 Å². The van der Waals surface area contributed by atoms with Gasteiger partial charge in [0.25, 0.3) is 0 Å². The molecule has 1 fully saturated rings. The van der Waals surface area contributed by atoms with Crippen molar-refractivity contribution in [1.29, 1.82) is 0 Å². The summed E-state index contributed by atoms with van der Waals surface area (Å²) in [5.74, 6) is -0.653. The van der Waals surface area contributed by atoms with Crippen LogP contribution in [0.3, 0.4) is 0 Å². The molecule has 2 heterocycles. The summed E-state index contributed by atoms with van der Waals surface area (Å²) in [6.45, 7) is 0.438. The molecule has 142 valence electrons. The Bertz CT molecular complexity index is 988. The molecule has 1 saturated heterocycles. The van der Waals surface area contributed by atoms with Crippen LogP contribution in [0.4, 0.5) is 16.1 Å². The van der Waals surface area contributed by atoms with Gasteiger partial charge in [-0.1, -0.05) is 35.4 Å². The summed E-state index contributed by atoms with van der Waals surface area (Å²) in [5, 5.41) is 10.3. The minimum absolute atomic E-state index is 0.0173. The Morgan fingerprint density at radius 2 is 1.89 bits per heavy atom. The first-order chi connectivity index (χ1) is 13.6. The van der Waals surface area contributed by atoms with Gasteiger partial charge in [0.05, 0.1) is 12.3 Å². The zero-order valence-corrected chi connectivity index (χ0v) is 14.8. The Hall–Kier alpha value is -3.55. The van der Waals surface area contributed by atoms with Gasteiger partial charge in [-0.05, 0) is 29.8 Å². The fourth-order valence-corrected chi connectivity index (χ4v) is 3.13. The van der Waals surface area contributed by atoms with E-state index in [-0.39, 0.29) is 42.4 Å². The Morgan fingerprint density at radius 1 is 1.14 bits per heavy atom. The molecule has 3 aromatic rings. The molecule has 7 nitrogen and oxygen atoms in total. The summed E-state index contributed by atoms with van der Waals surface area (Å²) in [4.78, 5) is 26.1. The van der Waals surface area contributed by atoms with Crippen LogP contribution in [-0.4, -0.2) is 28.6 Å². The summed E-state index contributed by atoms with van der Waals surface area (Å²) >= 11 is 0. The van der Waals surface area contributed by atoms with Crippen molar-refractivity contribution >= 4 is 23.5 Å². The number of nitrogens with one attached hydrogen (secondary N) is 1. The number of hydrogen-bond acceptors (Lipinski definition) is 5. The lowest BCUT2D eigenvalue weighted by molar-refractivity contribution is -0.117. The molecule has 1 atom stereocenters. The van der Waals surface area contributed by atoms with E-state index in [1.165, 1.54) is 24.3 Å². The highest BCUT2D eigenvalue weighted by Crippen LogP contribution is 2.31. The Morgan fingerprint density at radius 3 is 2.64 bits per heavy atom. The van der Waals surface area contributed by atoms with Gasteiger partial charge in [0, 0.05) is 18.7 Å². The molecule has 1 aliphatic heterocycles. The van der Waals surface area contributed by atoms with Gasteiger partial charge >= 0.3 is 6.01 Å². The first kappa shape index (κ1) is 17.8. The smallest absolute Gasteiger partial charge is 0.322 e. The molecular weight excluding hydrogens is 363 g/mol. The van der Waals surface area contributed by atoms with Gasteiger partial charge in [-0.3, -0.25) is 14.9 Å². The fourth-order valence-electron chi connectivity index (χ4n) is 3.13. The van der Waals surface area contributed by atoms with Crippen LogP contribution in [-0.2, 0) is 16.0 Å². The van der Waals surface area contributed by atoms with Crippen molar-refractivity contribution in [2.45, 2.75) is 18.8 Å². The molecule has 0 saturated carbocycles. The molecule has 4 rings (SSSR count). The summed E-state index contributed by atoms with van der Waals surface area (Å²) in [5.41, 5.74) is 1.49. The van der Waals surface area contributed by atoms with E-state index in [0.717, 1.165) is 5.69 Å². The lowest BCUT2D eigenvalue weighted by atomic mass is 10.1. The molecule has 2 aromatic carbocycles. The van der Waals surface area contributed by atoms with Gasteiger partial charge in [0.1, 0.15) is 5.82 Å². The largest absolute Gasteiger partial charge is 0.407 e. The second-order valence-electron chi connectivity index (χ2n) is 6.54. The van der Waals surface area contributed by atoms with Gasteiger partial charge < -0.3 is 9.32 Å². The first-order valence-corrected chi connectivity index (χ1v) is 8.81. The highest BCUT2D eigenvalue weighted by Gasteiger charge is 2.35. The molecule has 0 spiro atoms. The molecular formula is C20H17FN4O3. The van der Waals surface area contributed by atoms with E-state index >= 15 is 0 Å². The van der Waals surface area contributed by atoms with Crippen LogP contribution < -0.4 is 10.2 Å². The Kier molecular flexibility index (Phi) is 4.84. The van der Waals surface area contributed by atoms with E-state index < -0.39 is 0 Å². The number of amides is 2. The Labute approximate surface area is 160 Å². The number of para-hydroxylation sites is 1. The molecule has 2 amide bonds. The molecule has 8 heteroatoms. The van der Waals surface area contributed by atoms with Crippen molar-refractivity contribution in [2.75, 3.05) is 16.8 Å². The summed E-state index contributed by atoms with van der Waals surface area (Å²) in [7, 11) is 0. The lowest BCUT2D eigenvalue weighted by Gasteiger charge is -2.15. The first-order valence-electron chi connectivity index (χ1n) is 8.81. The number of benzene rings is 2. The van der Waals surface area contributed by atoms with Crippen LogP contribution in [0.15, 0.2) is 59.0 Å². The fraction of sp³-hybridized carbons (Fsp3) is 0.200. The number of hydrogen-bond donors (Lipinski definition) is 1. The van der Waals surface area contributed by atoms with Crippen molar-refractivity contribution in [1.82, 2.24) is 10.2 Å². The van der Waals surface area contributed by atoms with Crippen molar-refractivity contribution in [3.63, 3.8) is 0 Å². The second-order valence-corrected chi connectivity index (χ2v) is 6.54. The third-order valence-electron chi connectivity index (χ3n) is 4.51. The van der Waals surface area contributed by atoms with Crippen LogP contribution in [0.25, 0.3) is 0 Å². The third kappa shape index (κ3) is 3.90. The molecule has 0 bridgehead atoms. The topological polar surface area (TPSA) is 88.3 Å². The minimum Gasteiger partial charge on any atom is -0.407 e. The molecule has 1 aromatic heterocycles. The number of aromatic nitrogens is 2. The minimum atomic E-state index is -0.360. The summed E-state index contributed by atoms with van der Waals surface area (Å²) in [6.07, 6.45) is 0.321. The van der Waals surface area contributed by atoms with Crippen molar-refractivity contribution < 1.29 is 18.4 Å². The number of rotatable bonds is 5. The quantitative estimate of drug-likeness (QED) is 0.735. The molecule has 0 aliphatic carbocycles. The van der Waals surface area contributed by atoms with E-state index in [1.54, 1.807) is 4.90 Å². The van der Waals surface area contributed by atoms with Gasteiger partial charge in [-0.25, -0.2) is 4.39 Å². The SMILES string of the molecule is O=C(Cc1ccc(F)cc1)Nc1nnc(C2CC(=O)N(c3ccccc3)C2)o1. The summed E-state index contributed by atoms with van der Waals surface area (Å²) in [6, 6.07) is 15.0. The van der Waals surface area contributed by atoms with Crippen LogP contribution >= 0.6 is 0 Å². The molecule has 28 heavy (non-hydrogen) atoms. The second kappa shape index (κ2) is 7.59. The van der Waals surface area contributed by atoms with Gasteiger partial charge in [-0.15, -0.1) is 5.10 Å². The third-order valence-corrected chi connectivity index (χ3v) is 4.51. The number of nitrogens with zero attached hydrogens (tertiary/aromatic N) is 3. The van der Waals surface area contributed by atoms with Crippen molar-refractivity contribution in [3.05, 3.63) is 71.9 Å². The maximum Gasteiger partial charge on any atom is 0.322 e. The molecule has 1 N–H and O–H groups in total. The van der Waals surface area contributed by atoms with E-state index in [9.17, 15) is 14.0 Å². The zero-order chi connectivity index (χ0) is 19.5. The number of anilines is 2. The van der Waals surface area contributed by atoms with E-state index in [0.29, 0.717) is 18.0 Å². The highest BCUT2D eigenvalue weighted by molar-refractivity contribution is 5.96. The van der Waals surface area contributed by atoms with E-state index in [4.69, 9.17) is 4.42 Å². The zero-order valence-electron chi connectivity index (χ0n) is 14.8. The Balaban J connectivity index is 1.38. The number of carbonyl (C=O) groups excluding carboxylic acids is 2. The van der Waals surface area contributed by atoms with Gasteiger partial charge in [0.15, 0.2) is 0 Å². The summed E-state index contributed by atoms with van der Waals surface area (Å²) < 4.78 is 18.5. The standard InChI is InChI=1S/C20H17FN4O3/c21-15-8-6-13(7-9-15)10-17(26)22-20-24-23-19(28-20)14-11-18(27)25(12-14)16-4-2-1-3-5-16/h1-9,14H,10-12H2,(H,22,24,26). The molecule has 0 radical (unpaired) electrons. The van der Waals surface area contributed by atoms with Crippen molar-refractivity contribution in [3.8, 4) is 0 Å². The lowest BCUT2D eigenvalue weighted by Crippen LogP contribution is -2.24. The van der Waals surface area contributed by atoms with Gasteiger partial charge in [-0.2, -0.15) is 0 Å². The van der Waals surface area contributed by atoms with Crippen LogP contribution in [0.2, 0.25) is 0 Å². The van der Waals surface area contributed by atoms with Gasteiger partial charge in [0.2, 0.25) is 17.7 Å². The van der Waals surface area contributed by atoms with Crippen molar-refractivity contribution in [2.24, 2.45) is 0 Å². The average molecular weight is 380 g/mol. The average Bonchev–Trinajstić information content (AvgIpc) is 3.31. The van der Waals surface area contributed by atoms with Crippen LogP contribution in [0.1, 0.15) is 23.8 Å². The predicted octanol–water partition coefficient (Wildman–Crippen LogP) is 2.91. The maximum atomic E-state index is 12.9. The maximum absolute atomic E-state index is 12.9. The number of carbonyl (C=O) groups is 2. The molecule has 1 aliphatic rings. The van der Waals surface area contributed by atoms with E-state index in [1.807, 2.05) is 30.3 Å². The highest BCUT2D eigenvalue weighted by atomic mass is 19.1. The van der Waals surface area contributed by atoms with Crippen LogP contribution in [0, 0.1) is 5.82 Å². The van der Waals surface area contributed by atoms with Crippen LogP contribution in [0.5, 0.6) is 0 Å². The number of halogens is 1. The molecule has 1 unspecified atom stereocenters.